The second kappa shape index (κ2) is 6.85. The SMILES string of the molecule is O=C(CNC(=O)c1ccc(F)cc1)Nc1cccc(Cl)c1. The predicted octanol–water partition coefficient (Wildman–Crippen LogP) is 2.85. The number of carbonyl (C=O) groups is 2. The van der Waals surface area contributed by atoms with E-state index in [9.17, 15) is 14.0 Å². The molecule has 0 aromatic heterocycles. The van der Waals surface area contributed by atoms with Crippen LogP contribution in [0.5, 0.6) is 0 Å². The van der Waals surface area contributed by atoms with E-state index in [0.717, 1.165) is 0 Å². The van der Waals surface area contributed by atoms with Gasteiger partial charge in [0, 0.05) is 16.3 Å². The highest BCUT2D eigenvalue weighted by atomic mass is 35.5. The van der Waals surface area contributed by atoms with E-state index in [4.69, 9.17) is 11.6 Å². The van der Waals surface area contributed by atoms with Crippen LogP contribution in [0.15, 0.2) is 48.5 Å². The number of hydrogen-bond donors (Lipinski definition) is 2. The van der Waals surface area contributed by atoms with Crippen molar-refractivity contribution < 1.29 is 14.0 Å². The summed E-state index contributed by atoms with van der Waals surface area (Å²) in [7, 11) is 0. The maximum absolute atomic E-state index is 12.7. The van der Waals surface area contributed by atoms with Crippen LogP contribution in [0.3, 0.4) is 0 Å². The summed E-state index contributed by atoms with van der Waals surface area (Å²) in [6, 6.07) is 11.7. The van der Waals surface area contributed by atoms with Crippen molar-refractivity contribution in [3.05, 3.63) is 64.9 Å². The minimum atomic E-state index is -0.448. The van der Waals surface area contributed by atoms with Crippen molar-refractivity contribution in [2.75, 3.05) is 11.9 Å². The lowest BCUT2D eigenvalue weighted by atomic mass is 10.2. The van der Waals surface area contributed by atoms with E-state index in [2.05, 4.69) is 10.6 Å². The summed E-state index contributed by atoms with van der Waals surface area (Å²) in [5, 5.41) is 5.55. The Balaban J connectivity index is 1.86. The lowest BCUT2D eigenvalue weighted by Crippen LogP contribution is -2.32. The van der Waals surface area contributed by atoms with Gasteiger partial charge in [-0.3, -0.25) is 9.59 Å². The van der Waals surface area contributed by atoms with Gasteiger partial charge in [-0.15, -0.1) is 0 Å². The van der Waals surface area contributed by atoms with Crippen LogP contribution in [-0.2, 0) is 4.79 Å². The van der Waals surface area contributed by atoms with E-state index in [1.807, 2.05) is 0 Å². The molecule has 2 aromatic carbocycles. The Labute approximate surface area is 125 Å². The molecule has 2 N–H and O–H groups in total. The van der Waals surface area contributed by atoms with Crippen LogP contribution in [0.25, 0.3) is 0 Å². The van der Waals surface area contributed by atoms with Gasteiger partial charge >= 0.3 is 0 Å². The Morgan fingerprint density at radius 1 is 1.10 bits per heavy atom. The molecule has 0 saturated carbocycles. The molecule has 0 aliphatic heterocycles. The number of hydrogen-bond acceptors (Lipinski definition) is 2. The van der Waals surface area contributed by atoms with Gasteiger partial charge in [-0.1, -0.05) is 17.7 Å². The first-order valence-corrected chi connectivity index (χ1v) is 6.51. The van der Waals surface area contributed by atoms with Crippen molar-refractivity contribution in [3.8, 4) is 0 Å². The molecule has 4 nitrogen and oxygen atoms in total. The first kappa shape index (κ1) is 15.0. The van der Waals surface area contributed by atoms with Gasteiger partial charge in [-0.25, -0.2) is 4.39 Å². The predicted molar refractivity (Wildman–Crippen MR) is 78.8 cm³/mol. The summed E-state index contributed by atoms with van der Waals surface area (Å²) in [6.45, 7) is -0.192. The quantitative estimate of drug-likeness (QED) is 0.912. The van der Waals surface area contributed by atoms with E-state index in [1.54, 1.807) is 24.3 Å². The van der Waals surface area contributed by atoms with Crippen molar-refractivity contribution >= 4 is 29.1 Å². The molecule has 0 atom stereocenters. The molecule has 0 fully saturated rings. The highest BCUT2D eigenvalue weighted by Crippen LogP contribution is 2.14. The summed E-state index contributed by atoms with van der Waals surface area (Å²) in [5.74, 6) is -1.26. The zero-order valence-electron chi connectivity index (χ0n) is 10.9. The third kappa shape index (κ3) is 4.57. The molecule has 108 valence electrons. The maximum atomic E-state index is 12.7. The fourth-order valence-corrected chi connectivity index (χ4v) is 1.83. The summed E-state index contributed by atoms with van der Waals surface area (Å²) in [5.41, 5.74) is 0.829. The molecule has 0 aliphatic rings. The van der Waals surface area contributed by atoms with Gasteiger partial charge < -0.3 is 10.6 Å². The van der Waals surface area contributed by atoms with Gasteiger partial charge in [0.05, 0.1) is 6.54 Å². The van der Waals surface area contributed by atoms with E-state index >= 15 is 0 Å². The van der Waals surface area contributed by atoms with Crippen LogP contribution in [0.1, 0.15) is 10.4 Å². The average molecular weight is 307 g/mol. The standard InChI is InChI=1S/C15H12ClFN2O2/c16-11-2-1-3-13(8-11)19-14(20)9-18-15(21)10-4-6-12(17)7-5-10/h1-8H,9H2,(H,18,21)(H,19,20). The van der Waals surface area contributed by atoms with Crippen molar-refractivity contribution in [2.24, 2.45) is 0 Å². The van der Waals surface area contributed by atoms with Gasteiger partial charge in [-0.05, 0) is 42.5 Å². The average Bonchev–Trinajstić information content (AvgIpc) is 2.45. The third-order valence-electron chi connectivity index (χ3n) is 2.62. The highest BCUT2D eigenvalue weighted by Gasteiger charge is 2.08. The van der Waals surface area contributed by atoms with Crippen LogP contribution in [0.2, 0.25) is 5.02 Å². The molecule has 2 amide bonds. The number of halogens is 2. The molecule has 2 aromatic rings. The maximum Gasteiger partial charge on any atom is 0.251 e. The number of benzene rings is 2. The second-order valence-corrected chi connectivity index (χ2v) is 4.68. The number of carbonyl (C=O) groups excluding carboxylic acids is 2. The topological polar surface area (TPSA) is 58.2 Å². The highest BCUT2D eigenvalue weighted by molar-refractivity contribution is 6.30. The number of amides is 2. The summed E-state index contributed by atoms with van der Waals surface area (Å²) < 4.78 is 12.7. The molecular formula is C15H12ClFN2O2. The van der Waals surface area contributed by atoms with Crippen LogP contribution in [0, 0.1) is 5.82 Å². The van der Waals surface area contributed by atoms with Crippen molar-refractivity contribution in [2.45, 2.75) is 0 Å². The second-order valence-electron chi connectivity index (χ2n) is 4.25. The van der Waals surface area contributed by atoms with E-state index in [0.29, 0.717) is 10.7 Å². The van der Waals surface area contributed by atoms with Crippen LogP contribution < -0.4 is 10.6 Å². The first-order valence-electron chi connectivity index (χ1n) is 6.14. The molecule has 2 rings (SSSR count). The normalized spacial score (nSPS) is 10.0. The zero-order chi connectivity index (χ0) is 15.2. The Hall–Kier alpha value is -2.40. The van der Waals surface area contributed by atoms with Crippen LogP contribution >= 0.6 is 11.6 Å². The number of anilines is 1. The lowest BCUT2D eigenvalue weighted by molar-refractivity contribution is -0.115. The molecule has 21 heavy (non-hydrogen) atoms. The molecule has 0 heterocycles. The fourth-order valence-electron chi connectivity index (χ4n) is 1.64. The number of nitrogens with one attached hydrogen (secondary N) is 2. The van der Waals surface area contributed by atoms with Crippen LogP contribution in [-0.4, -0.2) is 18.4 Å². The molecule has 0 spiro atoms. The Morgan fingerprint density at radius 3 is 2.48 bits per heavy atom. The molecule has 0 saturated heterocycles. The van der Waals surface area contributed by atoms with Gasteiger partial charge in [0.2, 0.25) is 5.91 Å². The fraction of sp³-hybridized carbons (Fsp3) is 0.0667. The summed E-state index contributed by atoms with van der Waals surface area (Å²) in [4.78, 5) is 23.4. The lowest BCUT2D eigenvalue weighted by Gasteiger charge is -2.07. The van der Waals surface area contributed by atoms with Gasteiger partial charge in [0.25, 0.3) is 5.91 Å². The van der Waals surface area contributed by atoms with Crippen molar-refractivity contribution in [1.29, 1.82) is 0 Å². The number of rotatable bonds is 4. The molecular weight excluding hydrogens is 295 g/mol. The monoisotopic (exact) mass is 306 g/mol. The van der Waals surface area contributed by atoms with Gasteiger partial charge in [0.15, 0.2) is 0 Å². The van der Waals surface area contributed by atoms with Gasteiger partial charge in [0.1, 0.15) is 5.82 Å². The molecule has 0 radical (unpaired) electrons. The Bertz CT molecular complexity index is 659. The van der Waals surface area contributed by atoms with Crippen LogP contribution in [0.4, 0.5) is 10.1 Å². The first-order chi connectivity index (χ1) is 10.0. The molecule has 0 aliphatic carbocycles. The Kier molecular flexibility index (Phi) is 4.90. The minimum Gasteiger partial charge on any atom is -0.343 e. The molecule has 6 heteroatoms. The van der Waals surface area contributed by atoms with E-state index in [1.165, 1.54) is 24.3 Å². The smallest absolute Gasteiger partial charge is 0.251 e. The van der Waals surface area contributed by atoms with E-state index in [-0.39, 0.29) is 18.0 Å². The largest absolute Gasteiger partial charge is 0.343 e. The van der Waals surface area contributed by atoms with E-state index < -0.39 is 11.7 Å². The summed E-state index contributed by atoms with van der Waals surface area (Å²) in [6.07, 6.45) is 0. The molecule has 0 bridgehead atoms. The van der Waals surface area contributed by atoms with Gasteiger partial charge in [-0.2, -0.15) is 0 Å². The van der Waals surface area contributed by atoms with Crippen molar-refractivity contribution in [1.82, 2.24) is 5.32 Å². The van der Waals surface area contributed by atoms with Crippen molar-refractivity contribution in [3.63, 3.8) is 0 Å². The summed E-state index contributed by atoms with van der Waals surface area (Å²) >= 11 is 5.80. The minimum absolute atomic E-state index is 0.192. The molecule has 0 unspecified atom stereocenters. The zero-order valence-corrected chi connectivity index (χ0v) is 11.7. The third-order valence-corrected chi connectivity index (χ3v) is 2.86. The Morgan fingerprint density at radius 2 is 1.81 bits per heavy atom.